The van der Waals surface area contributed by atoms with E-state index >= 15 is 0 Å². The Kier molecular flexibility index (Phi) is 4.89. The Morgan fingerprint density at radius 2 is 2.29 bits per heavy atom. The summed E-state index contributed by atoms with van der Waals surface area (Å²) in [6.07, 6.45) is 5.27. The Hall–Kier alpha value is -2.41. The highest BCUT2D eigenvalue weighted by atomic mass is 16.5. The van der Waals surface area contributed by atoms with Gasteiger partial charge in [-0.05, 0) is 18.1 Å². The average molecular weight is 290 g/mol. The zero-order chi connectivity index (χ0) is 15.2. The predicted octanol–water partition coefficient (Wildman–Crippen LogP) is 0.918. The molecule has 0 saturated heterocycles. The monoisotopic (exact) mass is 290 g/mol. The summed E-state index contributed by atoms with van der Waals surface area (Å²) >= 11 is 0. The molecule has 0 radical (unpaired) electrons. The van der Waals surface area contributed by atoms with Gasteiger partial charge < -0.3 is 20.1 Å². The molecule has 0 aromatic carbocycles. The Bertz CT molecular complexity index is 595. The average Bonchev–Trinajstić information content (AvgIpc) is 2.92. The van der Waals surface area contributed by atoms with Crippen molar-refractivity contribution < 1.29 is 14.6 Å². The second kappa shape index (κ2) is 6.85. The number of methoxy groups -OCH3 is 1. The van der Waals surface area contributed by atoms with Gasteiger partial charge in [-0.2, -0.15) is 0 Å². The summed E-state index contributed by atoms with van der Waals surface area (Å²) in [5.41, 5.74) is 6.86. The van der Waals surface area contributed by atoms with Gasteiger partial charge in [-0.25, -0.2) is 9.97 Å². The summed E-state index contributed by atoms with van der Waals surface area (Å²) in [6, 6.07) is 3.44. The second-order valence-corrected chi connectivity index (χ2v) is 4.72. The molecule has 0 fully saturated rings. The number of nitrogen functional groups attached to an aromatic ring is 1. The quantitative estimate of drug-likeness (QED) is 0.786. The van der Waals surface area contributed by atoms with Crippen molar-refractivity contribution in [1.29, 1.82) is 0 Å². The number of aliphatic carboxylic acids is 1. The molecule has 7 nitrogen and oxygen atoms in total. The summed E-state index contributed by atoms with van der Waals surface area (Å²) in [5.74, 6) is -1.21. The number of nitrogens with zero attached hydrogens (tertiary/aromatic N) is 3. The number of aromatic nitrogens is 3. The van der Waals surface area contributed by atoms with Gasteiger partial charge in [0.15, 0.2) is 0 Å². The molecular formula is C14H18N4O3. The largest absolute Gasteiger partial charge is 0.481 e. The lowest BCUT2D eigenvalue weighted by Crippen LogP contribution is -2.15. The molecule has 112 valence electrons. The van der Waals surface area contributed by atoms with Crippen molar-refractivity contribution >= 4 is 11.8 Å². The number of nitrogens with two attached hydrogens (primary N) is 1. The molecule has 2 aromatic rings. The summed E-state index contributed by atoms with van der Waals surface area (Å²) in [7, 11) is 1.62. The van der Waals surface area contributed by atoms with Crippen LogP contribution in [0.15, 0.2) is 30.9 Å². The Balaban J connectivity index is 2.13. The number of ether oxygens (including phenoxy) is 1. The molecule has 1 atom stereocenters. The number of imidazole rings is 1. The van der Waals surface area contributed by atoms with Crippen LogP contribution in [0.1, 0.15) is 17.2 Å². The second-order valence-electron chi connectivity index (χ2n) is 4.72. The SMILES string of the molecule is COCCn1cnc(C(Cc2ccc(N)nc2)C(=O)O)c1. The first-order chi connectivity index (χ1) is 10.1. The van der Waals surface area contributed by atoms with E-state index in [4.69, 9.17) is 10.5 Å². The number of hydrogen-bond acceptors (Lipinski definition) is 5. The molecule has 0 aliphatic heterocycles. The fraction of sp³-hybridized carbons (Fsp3) is 0.357. The van der Waals surface area contributed by atoms with E-state index in [2.05, 4.69) is 9.97 Å². The van der Waals surface area contributed by atoms with Gasteiger partial charge in [0.2, 0.25) is 0 Å². The third kappa shape index (κ3) is 4.03. The molecule has 0 spiro atoms. The first-order valence-corrected chi connectivity index (χ1v) is 6.54. The van der Waals surface area contributed by atoms with E-state index in [9.17, 15) is 9.90 Å². The normalized spacial score (nSPS) is 12.2. The number of carboxylic acids is 1. The molecule has 3 N–H and O–H groups in total. The van der Waals surface area contributed by atoms with E-state index in [0.717, 1.165) is 5.56 Å². The van der Waals surface area contributed by atoms with Gasteiger partial charge in [0, 0.05) is 26.0 Å². The maximum atomic E-state index is 11.5. The Morgan fingerprint density at radius 1 is 1.48 bits per heavy atom. The number of hydrogen-bond donors (Lipinski definition) is 2. The van der Waals surface area contributed by atoms with Crippen molar-refractivity contribution in [2.24, 2.45) is 0 Å². The molecule has 7 heteroatoms. The zero-order valence-corrected chi connectivity index (χ0v) is 11.8. The lowest BCUT2D eigenvalue weighted by Gasteiger charge is -2.09. The molecular weight excluding hydrogens is 272 g/mol. The summed E-state index contributed by atoms with van der Waals surface area (Å²) in [5, 5.41) is 9.41. The minimum absolute atomic E-state index is 0.323. The van der Waals surface area contributed by atoms with E-state index in [1.165, 1.54) is 0 Å². The lowest BCUT2D eigenvalue weighted by molar-refractivity contribution is -0.138. The van der Waals surface area contributed by atoms with Crippen molar-refractivity contribution in [3.05, 3.63) is 42.1 Å². The van der Waals surface area contributed by atoms with Gasteiger partial charge in [-0.15, -0.1) is 0 Å². The molecule has 2 aromatic heterocycles. The molecule has 21 heavy (non-hydrogen) atoms. The van der Waals surface area contributed by atoms with Gasteiger partial charge >= 0.3 is 5.97 Å². The minimum Gasteiger partial charge on any atom is -0.481 e. The first-order valence-electron chi connectivity index (χ1n) is 6.54. The van der Waals surface area contributed by atoms with Crippen LogP contribution in [0, 0.1) is 0 Å². The van der Waals surface area contributed by atoms with Gasteiger partial charge in [0.25, 0.3) is 0 Å². The third-order valence-corrected chi connectivity index (χ3v) is 3.15. The molecule has 1 unspecified atom stereocenters. The van der Waals surface area contributed by atoms with E-state index in [0.29, 0.717) is 31.1 Å². The van der Waals surface area contributed by atoms with Crippen molar-refractivity contribution in [2.45, 2.75) is 18.9 Å². The van der Waals surface area contributed by atoms with Crippen LogP contribution in [0.25, 0.3) is 0 Å². The number of pyridine rings is 1. The summed E-state index contributed by atoms with van der Waals surface area (Å²) in [6.45, 7) is 1.19. The standard InChI is InChI=1S/C14H18N4O3/c1-21-5-4-18-8-12(17-9-18)11(14(19)20)6-10-2-3-13(15)16-7-10/h2-3,7-9,11H,4-6H2,1H3,(H2,15,16)(H,19,20). The fourth-order valence-electron chi connectivity index (χ4n) is 1.99. The van der Waals surface area contributed by atoms with Crippen LogP contribution >= 0.6 is 0 Å². The molecule has 0 amide bonds. The van der Waals surface area contributed by atoms with Crippen LogP contribution in [0.3, 0.4) is 0 Å². The van der Waals surface area contributed by atoms with E-state index in [1.54, 1.807) is 38.0 Å². The van der Waals surface area contributed by atoms with Gasteiger partial charge in [-0.3, -0.25) is 4.79 Å². The Morgan fingerprint density at radius 3 is 2.90 bits per heavy atom. The van der Waals surface area contributed by atoms with E-state index in [1.807, 2.05) is 4.57 Å². The van der Waals surface area contributed by atoms with Crippen molar-refractivity contribution in [3.8, 4) is 0 Å². The van der Waals surface area contributed by atoms with Crippen LogP contribution in [-0.4, -0.2) is 39.3 Å². The molecule has 0 bridgehead atoms. The predicted molar refractivity (Wildman–Crippen MR) is 76.8 cm³/mol. The zero-order valence-electron chi connectivity index (χ0n) is 11.8. The molecule has 2 rings (SSSR count). The van der Waals surface area contributed by atoms with Crippen molar-refractivity contribution in [1.82, 2.24) is 14.5 Å². The van der Waals surface area contributed by atoms with Crippen LogP contribution in [-0.2, 0) is 22.5 Å². The number of rotatable bonds is 7. The van der Waals surface area contributed by atoms with Crippen LogP contribution in [0.4, 0.5) is 5.82 Å². The van der Waals surface area contributed by atoms with Crippen LogP contribution < -0.4 is 5.73 Å². The first kappa shape index (κ1) is 15.0. The minimum atomic E-state index is -0.913. The maximum absolute atomic E-state index is 11.5. The van der Waals surface area contributed by atoms with Crippen molar-refractivity contribution in [3.63, 3.8) is 0 Å². The highest BCUT2D eigenvalue weighted by Gasteiger charge is 2.23. The Labute approximate surface area is 122 Å². The summed E-state index contributed by atoms with van der Waals surface area (Å²) in [4.78, 5) is 19.6. The smallest absolute Gasteiger partial charge is 0.312 e. The molecule has 0 aliphatic rings. The number of carbonyl (C=O) groups is 1. The van der Waals surface area contributed by atoms with E-state index in [-0.39, 0.29) is 0 Å². The van der Waals surface area contributed by atoms with Crippen LogP contribution in [0.2, 0.25) is 0 Å². The summed E-state index contributed by atoms with van der Waals surface area (Å²) < 4.78 is 6.80. The number of anilines is 1. The molecule has 2 heterocycles. The van der Waals surface area contributed by atoms with Crippen molar-refractivity contribution in [2.75, 3.05) is 19.5 Å². The van der Waals surface area contributed by atoms with E-state index < -0.39 is 11.9 Å². The van der Waals surface area contributed by atoms with Gasteiger partial charge in [-0.1, -0.05) is 6.07 Å². The lowest BCUT2D eigenvalue weighted by atomic mass is 9.98. The van der Waals surface area contributed by atoms with Gasteiger partial charge in [0.1, 0.15) is 11.7 Å². The third-order valence-electron chi connectivity index (χ3n) is 3.15. The maximum Gasteiger partial charge on any atom is 0.312 e. The van der Waals surface area contributed by atoms with Gasteiger partial charge in [0.05, 0.1) is 18.6 Å². The number of carboxylic acid groups (broad SMARTS) is 1. The topological polar surface area (TPSA) is 103 Å². The van der Waals surface area contributed by atoms with Crippen LogP contribution in [0.5, 0.6) is 0 Å². The highest BCUT2D eigenvalue weighted by molar-refractivity contribution is 5.75. The molecule has 0 aliphatic carbocycles. The highest BCUT2D eigenvalue weighted by Crippen LogP contribution is 2.20. The fourth-order valence-corrected chi connectivity index (χ4v) is 1.99. The molecule has 0 saturated carbocycles.